The molecular weight excluding hydrogens is 176 g/mol. The first-order valence-electron chi connectivity index (χ1n) is 4.31. The minimum atomic E-state index is -0.199. The third-order valence-electron chi connectivity index (χ3n) is 2.03. The van der Waals surface area contributed by atoms with E-state index in [4.69, 9.17) is 0 Å². The quantitative estimate of drug-likeness (QED) is 0.694. The number of aromatic amines is 1. The van der Waals surface area contributed by atoms with Crippen LogP contribution in [0.1, 0.15) is 0 Å². The normalized spacial score (nSPS) is 10.0. The lowest BCUT2D eigenvalue weighted by molar-refractivity contribution is -0.111. The summed E-state index contributed by atoms with van der Waals surface area (Å²) in [7, 11) is 0. The molecule has 0 aliphatic heterocycles. The molecule has 0 aliphatic rings. The third kappa shape index (κ3) is 1.40. The lowest BCUT2D eigenvalue weighted by Crippen LogP contribution is -2.06. The number of carbonyl (C=O) groups excluding carboxylic acids is 1. The van der Waals surface area contributed by atoms with Crippen LogP contribution < -0.4 is 5.32 Å². The van der Waals surface area contributed by atoms with Gasteiger partial charge in [-0.25, -0.2) is 0 Å². The second-order valence-corrected chi connectivity index (χ2v) is 2.94. The van der Waals surface area contributed by atoms with Gasteiger partial charge in [0.2, 0.25) is 5.91 Å². The van der Waals surface area contributed by atoms with Gasteiger partial charge in [0.15, 0.2) is 0 Å². The molecule has 0 atom stereocenters. The van der Waals surface area contributed by atoms with E-state index in [9.17, 15) is 4.79 Å². The number of anilines is 1. The van der Waals surface area contributed by atoms with Gasteiger partial charge in [0.25, 0.3) is 0 Å². The summed E-state index contributed by atoms with van der Waals surface area (Å²) in [5.74, 6) is -0.199. The Kier molecular flexibility index (Phi) is 2.07. The summed E-state index contributed by atoms with van der Waals surface area (Å²) in [5, 5.41) is 3.73. The smallest absolute Gasteiger partial charge is 0.247 e. The minimum Gasteiger partial charge on any atom is -0.359 e. The van der Waals surface area contributed by atoms with E-state index in [2.05, 4.69) is 16.9 Å². The summed E-state index contributed by atoms with van der Waals surface area (Å²) in [6.45, 7) is 3.40. The Morgan fingerprint density at radius 3 is 3.00 bits per heavy atom. The van der Waals surface area contributed by atoms with Crippen LogP contribution in [0, 0.1) is 0 Å². The standard InChI is InChI=1S/C11H10N2O/c1-2-11(14)13-10-7-12-9-6-4-3-5-8(9)10/h2-7,12H,1H2,(H,13,14). The zero-order chi connectivity index (χ0) is 9.97. The predicted octanol–water partition coefficient (Wildman–Crippen LogP) is 2.29. The molecule has 0 aliphatic carbocycles. The third-order valence-corrected chi connectivity index (χ3v) is 2.03. The zero-order valence-electron chi connectivity index (χ0n) is 7.58. The Morgan fingerprint density at radius 2 is 2.21 bits per heavy atom. The Bertz CT molecular complexity index is 485. The van der Waals surface area contributed by atoms with Gasteiger partial charge in [-0.2, -0.15) is 0 Å². The highest BCUT2D eigenvalue weighted by atomic mass is 16.1. The molecule has 1 heterocycles. The molecule has 1 amide bonds. The highest BCUT2D eigenvalue weighted by Gasteiger charge is 2.03. The highest BCUT2D eigenvalue weighted by molar-refractivity contribution is 6.05. The average molecular weight is 186 g/mol. The van der Waals surface area contributed by atoms with E-state index in [0.717, 1.165) is 16.6 Å². The predicted molar refractivity (Wildman–Crippen MR) is 57.1 cm³/mol. The maximum absolute atomic E-state index is 11.1. The molecule has 0 spiro atoms. The van der Waals surface area contributed by atoms with Crippen molar-refractivity contribution in [3.8, 4) is 0 Å². The first-order chi connectivity index (χ1) is 6.81. The number of benzene rings is 1. The number of H-pyrrole nitrogens is 1. The summed E-state index contributed by atoms with van der Waals surface area (Å²) in [6, 6.07) is 7.78. The van der Waals surface area contributed by atoms with Crippen LogP contribution in [0.25, 0.3) is 10.9 Å². The van der Waals surface area contributed by atoms with Gasteiger partial charge in [0.05, 0.1) is 5.69 Å². The van der Waals surface area contributed by atoms with E-state index < -0.39 is 0 Å². The molecule has 0 saturated heterocycles. The van der Waals surface area contributed by atoms with Crippen LogP contribution in [0.5, 0.6) is 0 Å². The molecule has 0 unspecified atom stereocenters. The number of para-hydroxylation sites is 1. The first kappa shape index (κ1) is 8.56. The van der Waals surface area contributed by atoms with Crippen molar-refractivity contribution in [2.75, 3.05) is 5.32 Å². The van der Waals surface area contributed by atoms with Crippen molar-refractivity contribution >= 4 is 22.5 Å². The largest absolute Gasteiger partial charge is 0.359 e. The van der Waals surface area contributed by atoms with E-state index in [-0.39, 0.29) is 5.91 Å². The number of aromatic nitrogens is 1. The van der Waals surface area contributed by atoms with Crippen LogP contribution >= 0.6 is 0 Å². The minimum absolute atomic E-state index is 0.199. The van der Waals surface area contributed by atoms with E-state index >= 15 is 0 Å². The SMILES string of the molecule is C=CC(=O)Nc1c[nH]c2ccccc12. The fraction of sp³-hybridized carbons (Fsp3) is 0. The lowest BCUT2D eigenvalue weighted by Gasteiger charge is -1.98. The van der Waals surface area contributed by atoms with Crippen molar-refractivity contribution < 1.29 is 4.79 Å². The summed E-state index contributed by atoms with van der Waals surface area (Å²) in [5.41, 5.74) is 1.79. The van der Waals surface area contributed by atoms with Gasteiger partial charge in [-0.05, 0) is 12.1 Å². The fourth-order valence-electron chi connectivity index (χ4n) is 1.36. The number of fused-ring (bicyclic) bond motifs is 1. The Labute approximate surface area is 81.4 Å². The fourth-order valence-corrected chi connectivity index (χ4v) is 1.36. The van der Waals surface area contributed by atoms with Crippen molar-refractivity contribution in [3.05, 3.63) is 43.1 Å². The lowest BCUT2D eigenvalue weighted by atomic mass is 10.2. The second-order valence-electron chi connectivity index (χ2n) is 2.94. The summed E-state index contributed by atoms with van der Waals surface area (Å²) >= 11 is 0. The number of amides is 1. The Balaban J connectivity index is 2.43. The second kappa shape index (κ2) is 3.38. The molecule has 1 aromatic heterocycles. The molecule has 0 radical (unpaired) electrons. The van der Waals surface area contributed by atoms with Crippen molar-refractivity contribution in [2.45, 2.75) is 0 Å². The highest BCUT2D eigenvalue weighted by Crippen LogP contribution is 2.22. The summed E-state index contributed by atoms with van der Waals surface area (Å²) in [4.78, 5) is 14.1. The van der Waals surface area contributed by atoms with Gasteiger partial charge in [-0.1, -0.05) is 24.8 Å². The summed E-state index contributed by atoms with van der Waals surface area (Å²) in [6.07, 6.45) is 3.02. The molecule has 3 heteroatoms. The number of hydrogen-bond acceptors (Lipinski definition) is 1. The molecule has 0 bridgehead atoms. The molecule has 2 rings (SSSR count). The Morgan fingerprint density at radius 1 is 1.43 bits per heavy atom. The van der Waals surface area contributed by atoms with Crippen LogP contribution in [-0.2, 0) is 4.79 Å². The van der Waals surface area contributed by atoms with Crippen LogP contribution in [0.15, 0.2) is 43.1 Å². The number of nitrogens with one attached hydrogen (secondary N) is 2. The van der Waals surface area contributed by atoms with Gasteiger partial charge in [-0.15, -0.1) is 0 Å². The molecule has 2 aromatic rings. The van der Waals surface area contributed by atoms with Gasteiger partial charge < -0.3 is 10.3 Å². The average Bonchev–Trinajstić information content (AvgIpc) is 2.62. The Hall–Kier alpha value is -2.03. The first-order valence-corrected chi connectivity index (χ1v) is 4.31. The van der Waals surface area contributed by atoms with Crippen molar-refractivity contribution in [2.24, 2.45) is 0 Å². The number of rotatable bonds is 2. The van der Waals surface area contributed by atoms with E-state index in [1.165, 1.54) is 6.08 Å². The van der Waals surface area contributed by atoms with Gasteiger partial charge in [-0.3, -0.25) is 4.79 Å². The molecule has 3 nitrogen and oxygen atoms in total. The van der Waals surface area contributed by atoms with E-state index in [0.29, 0.717) is 0 Å². The van der Waals surface area contributed by atoms with Crippen LogP contribution in [0.2, 0.25) is 0 Å². The zero-order valence-corrected chi connectivity index (χ0v) is 7.58. The molecule has 0 saturated carbocycles. The number of carbonyl (C=O) groups is 1. The van der Waals surface area contributed by atoms with Gasteiger partial charge in [0, 0.05) is 17.1 Å². The van der Waals surface area contributed by atoms with Gasteiger partial charge >= 0.3 is 0 Å². The topological polar surface area (TPSA) is 44.9 Å². The van der Waals surface area contributed by atoms with Gasteiger partial charge in [0.1, 0.15) is 0 Å². The van der Waals surface area contributed by atoms with Crippen LogP contribution in [-0.4, -0.2) is 10.9 Å². The summed E-state index contributed by atoms with van der Waals surface area (Å²) < 4.78 is 0. The van der Waals surface area contributed by atoms with Crippen molar-refractivity contribution in [1.82, 2.24) is 4.98 Å². The van der Waals surface area contributed by atoms with Crippen LogP contribution in [0.3, 0.4) is 0 Å². The van der Waals surface area contributed by atoms with E-state index in [1.54, 1.807) is 6.20 Å². The van der Waals surface area contributed by atoms with Crippen molar-refractivity contribution in [1.29, 1.82) is 0 Å². The molecular formula is C11H10N2O. The maximum atomic E-state index is 11.1. The number of hydrogen-bond donors (Lipinski definition) is 2. The monoisotopic (exact) mass is 186 g/mol. The molecule has 1 aromatic carbocycles. The molecule has 0 fully saturated rings. The van der Waals surface area contributed by atoms with Crippen LogP contribution in [0.4, 0.5) is 5.69 Å². The molecule has 14 heavy (non-hydrogen) atoms. The van der Waals surface area contributed by atoms with E-state index in [1.807, 2.05) is 24.3 Å². The molecule has 70 valence electrons. The molecule has 2 N–H and O–H groups in total. The van der Waals surface area contributed by atoms with Crippen molar-refractivity contribution in [3.63, 3.8) is 0 Å². The maximum Gasteiger partial charge on any atom is 0.247 e.